The van der Waals surface area contributed by atoms with Crippen LogP contribution in [0.2, 0.25) is 0 Å². The molecule has 1 amide bonds. The average Bonchev–Trinajstić information content (AvgIpc) is 3.27. The monoisotopic (exact) mass is 343 g/mol. The van der Waals surface area contributed by atoms with Gasteiger partial charge in [0.25, 0.3) is 5.91 Å². The van der Waals surface area contributed by atoms with E-state index in [-0.39, 0.29) is 12.5 Å². The van der Waals surface area contributed by atoms with Crippen molar-refractivity contribution in [1.29, 1.82) is 0 Å². The zero-order chi connectivity index (χ0) is 16.9. The number of hydrogen-bond donors (Lipinski definition) is 2. The molecule has 2 aromatic heterocycles. The van der Waals surface area contributed by atoms with Gasteiger partial charge in [-0.1, -0.05) is 0 Å². The first kappa shape index (κ1) is 16.2. The molecule has 6 nitrogen and oxygen atoms in total. The number of hydrogen-bond acceptors (Lipinski definition) is 6. The fourth-order valence-corrected chi connectivity index (χ4v) is 2.96. The number of aliphatic hydroxyl groups is 1. The summed E-state index contributed by atoms with van der Waals surface area (Å²) in [5.41, 5.74) is 2.89. The zero-order valence-electron chi connectivity index (χ0n) is 13.1. The van der Waals surface area contributed by atoms with Gasteiger partial charge in [-0.15, -0.1) is 11.3 Å². The third-order valence-corrected chi connectivity index (χ3v) is 4.40. The standard InChI is InChI=1S/C17H17N3O3S/c1-20(7-8-21)14-4-2-13(3-5-14)18-16(22)15-11-24-17(19-15)12-6-9-23-10-12/h2-6,9-11,21H,7-8H2,1H3,(H,18,22). The Kier molecular flexibility index (Phi) is 4.93. The van der Waals surface area contributed by atoms with Gasteiger partial charge >= 0.3 is 0 Å². The van der Waals surface area contributed by atoms with Gasteiger partial charge in [-0.3, -0.25) is 4.79 Å². The first-order valence-electron chi connectivity index (χ1n) is 7.39. The molecule has 0 spiro atoms. The van der Waals surface area contributed by atoms with Crippen LogP contribution in [0.1, 0.15) is 10.5 Å². The van der Waals surface area contributed by atoms with E-state index in [2.05, 4.69) is 10.3 Å². The minimum Gasteiger partial charge on any atom is -0.472 e. The molecule has 1 aromatic carbocycles. The Morgan fingerprint density at radius 3 is 2.79 bits per heavy atom. The summed E-state index contributed by atoms with van der Waals surface area (Å²) >= 11 is 1.40. The molecule has 0 aliphatic carbocycles. The van der Waals surface area contributed by atoms with Gasteiger partial charge in [0.1, 0.15) is 17.0 Å². The fraction of sp³-hybridized carbons (Fsp3) is 0.176. The predicted molar refractivity (Wildman–Crippen MR) is 94.6 cm³/mol. The van der Waals surface area contributed by atoms with Gasteiger partial charge in [0.2, 0.25) is 0 Å². The van der Waals surface area contributed by atoms with Crippen LogP contribution in [-0.2, 0) is 0 Å². The Balaban J connectivity index is 1.66. The highest BCUT2D eigenvalue weighted by molar-refractivity contribution is 7.13. The van der Waals surface area contributed by atoms with Crippen LogP contribution in [0.4, 0.5) is 11.4 Å². The number of aliphatic hydroxyl groups excluding tert-OH is 1. The second-order valence-electron chi connectivity index (χ2n) is 5.20. The number of benzene rings is 1. The van der Waals surface area contributed by atoms with E-state index in [1.54, 1.807) is 17.9 Å². The van der Waals surface area contributed by atoms with Crippen molar-refractivity contribution in [3.8, 4) is 10.6 Å². The van der Waals surface area contributed by atoms with Gasteiger partial charge in [0, 0.05) is 35.9 Å². The van der Waals surface area contributed by atoms with E-state index in [0.29, 0.717) is 17.9 Å². The third kappa shape index (κ3) is 3.64. The van der Waals surface area contributed by atoms with Crippen LogP contribution in [0.25, 0.3) is 10.6 Å². The van der Waals surface area contributed by atoms with Crippen LogP contribution >= 0.6 is 11.3 Å². The molecule has 0 aliphatic rings. The number of anilines is 2. The molecule has 3 aromatic rings. The maximum absolute atomic E-state index is 12.3. The smallest absolute Gasteiger partial charge is 0.275 e. The Morgan fingerprint density at radius 1 is 1.33 bits per heavy atom. The number of carbonyl (C=O) groups excluding carboxylic acids is 1. The molecule has 0 atom stereocenters. The van der Waals surface area contributed by atoms with Crippen LogP contribution in [0.15, 0.2) is 52.7 Å². The molecule has 0 radical (unpaired) electrons. The van der Waals surface area contributed by atoms with Crippen molar-refractivity contribution < 1.29 is 14.3 Å². The molecule has 0 saturated heterocycles. The second kappa shape index (κ2) is 7.29. The van der Waals surface area contributed by atoms with Crippen molar-refractivity contribution in [2.75, 3.05) is 30.4 Å². The van der Waals surface area contributed by atoms with Crippen molar-refractivity contribution in [2.45, 2.75) is 0 Å². The molecular weight excluding hydrogens is 326 g/mol. The lowest BCUT2D eigenvalue weighted by Gasteiger charge is -2.18. The Labute approximate surface area is 143 Å². The number of amides is 1. The highest BCUT2D eigenvalue weighted by Gasteiger charge is 2.13. The molecule has 124 valence electrons. The molecule has 3 rings (SSSR count). The number of thiazole rings is 1. The molecule has 7 heteroatoms. The minimum absolute atomic E-state index is 0.0950. The Morgan fingerprint density at radius 2 is 2.12 bits per heavy atom. The van der Waals surface area contributed by atoms with Gasteiger partial charge < -0.3 is 19.7 Å². The number of likely N-dealkylation sites (N-methyl/N-ethyl adjacent to an activating group) is 1. The molecule has 2 heterocycles. The van der Waals surface area contributed by atoms with Gasteiger partial charge in [0.15, 0.2) is 0 Å². The predicted octanol–water partition coefficient (Wildman–Crippen LogP) is 3.08. The van der Waals surface area contributed by atoms with E-state index in [0.717, 1.165) is 16.3 Å². The molecular formula is C17H17N3O3S. The Hall–Kier alpha value is -2.64. The summed E-state index contributed by atoms with van der Waals surface area (Å²) < 4.78 is 5.03. The molecule has 0 fully saturated rings. The van der Waals surface area contributed by atoms with Crippen LogP contribution in [0.3, 0.4) is 0 Å². The van der Waals surface area contributed by atoms with E-state index >= 15 is 0 Å². The molecule has 0 bridgehead atoms. The van der Waals surface area contributed by atoms with Crippen LogP contribution < -0.4 is 10.2 Å². The van der Waals surface area contributed by atoms with Crippen LogP contribution in [0, 0.1) is 0 Å². The molecule has 0 unspecified atom stereocenters. The number of nitrogens with one attached hydrogen (secondary N) is 1. The van der Waals surface area contributed by atoms with Crippen molar-refractivity contribution >= 4 is 28.6 Å². The third-order valence-electron chi connectivity index (χ3n) is 3.51. The summed E-state index contributed by atoms with van der Waals surface area (Å²) in [6.45, 7) is 0.652. The first-order chi connectivity index (χ1) is 11.7. The highest BCUT2D eigenvalue weighted by atomic mass is 32.1. The minimum atomic E-state index is -0.252. The number of nitrogens with zero attached hydrogens (tertiary/aromatic N) is 2. The largest absolute Gasteiger partial charge is 0.472 e. The van der Waals surface area contributed by atoms with Crippen molar-refractivity contribution in [1.82, 2.24) is 4.98 Å². The fourth-order valence-electron chi connectivity index (χ4n) is 2.17. The first-order valence-corrected chi connectivity index (χ1v) is 8.27. The van der Waals surface area contributed by atoms with E-state index in [9.17, 15) is 4.79 Å². The van der Waals surface area contributed by atoms with Crippen molar-refractivity contribution in [2.24, 2.45) is 0 Å². The molecule has 0 aliphatic heterocycles. The van der Waals surface area contributed by atoms with E-state index < -0.39 is 0 Å². The van der Waals surface area contributed by atoms with Crippen molar-refractivity contribution in [3.63, 3.8) is 0 Å². The van der Waals surface area contributed by atoms with E-state index in [1.165, 1.54) is 11.3 Å². The van der Waals surface area contributed by atoms with Crippen molar-refractivity contribution in [3.05, 3.63) is 53.9 Å². The highest BCUT2D eigenvalue weighted by Crippen LogP contribution is 2.24. The SMILES string of the molecule is CN(CCO)c1ccc(NC(=O)c2csc(-c3ccoc3)n2)cc1. The van der Waals surface area contributed by atoms with Crippen LogP contribution in [-0.4, -0.2) is 36.2 Å². The maximum Gasteiger partial charge on any atom is 0.275 e. The maximum atomic E-state index is 12.3. The number of rotatable bonds is 6. The number of aromatic nitrogens is 1. The van der Waals surface area contributed by atoms with Gasteiger partial charge in [-0.25, -0.2) is 4.98 Å². The summed E-state index contributed by atoms with van der Waals surface area (Å²) in [5.74, 6) is -0.252. The summed E-state index contributed by atoms with van der Waals surface area (Å²) in [6, 6.07) is 9.24. The van der Waals surface area contributed by atoms with E-state index in [4.69, 9.17) is 9.52 Å². The molecule has 2 N–H and O–H groups in total. The summed E-state index contributed by atoms with van der Waals surface area (Å²) in [7, 11) is 1.90. The lowest BCUT2D eigenvalue weighted by Crippen LogP contribution is -2.21. The summed E-state index contributed by atoms with van der Waals surface area (Å²) in [4.78, 5) is 18.5. The summed E-state index contributed by atoms with van der Waals surface area (Å²) in [6.07, 6.45) is 3.17. The van der Waals surface area contributed by atoms with Gasteiger partial charge in [-0.05, 0) is 30.3 Å². The summed E-state index contributed by atoms with van der Waals surface area (Å²) in [5, 5.41) is 14.3. The van der Waals surface area contributed by atoms with Gasteiger partial charge in [-0.2, -0.15) is 0 Å². The average molecular weight is 343 g/mol. The van der Waals surface area contributed by atoms with Crippen LogP contribution in [0.5, 0.6) is 0 Å². The lowest BCUT2D eigenvalue weighted by molar-refractivity contribution is 0.102. The normalized spacial score (nSPS) is 10.6. The molecule has 0 saturated carbocycles. The Bertz CT molecular complexity index is 797. The van der Waals surface area contributed by atoms with Gasteiger partial charge in [0.05, 0.1) is 12.9 Å². The second-order valence-corrected chi connectivity index (χ2v) is 6.05. The topological polar surface area (TPSA) is 78.6 Å². The van der Waals surface area contributed by atoms with E-state index in [1.807, 2.05) is 42.3 Å². The lowest BCUT2D eigenvalue weighted by atomic mass is 10.2. The quantitative estimate of drug-likeness (QED) is 0.719. The molecule has 24 heavy (non-hydrogen) atoms. The number of furan rings is 1. The zero-order valence-corrected chi connectivity index (χ0v) is 13.9. The number of carbonyl (C=O) groups is 1.